The Morgan fingerprint density at radius 3 is 2.54 bits per heavy atom. The minimum absolute atomic E-state index is 0.0428. The van der Waals surface area contributed by atoms with E-state index in [9.17, 15) is 4.79 Å². The highest BCUT2D eigenvalue weighted by molar-refractivity contribution is 6.19. The fourth-order valence-electron chi connectivity index (χ4n) is 1.04. The summed E-state index contributed by atoms with van der Waals surface area (Å²) in [5.41, 5.74) is 0.901. The van der Waals surface area contributed by atoms with E-state index in [1.165, 1.54) is 0 Å². The summed E-state index contributed by atoms with van der Waals surface area (Å²) >= 11 is 5.48. The maximum atomic E-state index is 11.4. The zero-order chi connectivity index (χ0) is 9.68. The normalized spacial score (nSPS) is 9.69. The van der Waals surface area contributed by atoms with Crippen molar-refractivity contribution in [2.75, 3.05) is 17.8 Å². The van der Waals surface area contributed by atoms with E-state index in [0.717, 1.165) is 5.69 Å². The van der Waals surface area contributed by atoms with Crippen LogP contribution in [0.15, 0.2) is 30.3 Å². The average Bonchev–Trinajstić information content (AvgIpc) is 2.18. The van der Waals surface area contributed by atoms with Crippen LogP contribution in [0.2, 0.25) is 0 Å². The second-order valence-electron chi connectivity index (χ2n) is 2.73. The molecule has 0 bridgehead atoms. The first-order valence-electron chi connectivity index (χ1n) is 4.13. The summed E-state index contributed by atoms with van der Waals surface area (Å²) in [6.45, 7) is 0. The Morgan fingerprint density at radius 2 is 2.00 bits per heavy atom. The number of halogens is 1. The van der Waals surface area contributed by atoms with Crippen molar-refractivity contribution in [1.29, 1.82) is 0 Å². The summed E-state index contributed by atoms with van der Waals surface area (Å²) in [6, 6.07) is 9.52. The van der Waals surface area contributed by atoms with Gasteiger partial charge in [-0.25, -0.2) is 0 Å². The van der Waals surface area contributed by atoms with Crippen LogP contribution < -0.4 is 4.90 Å². The summed E-state index contributed by atoms with van der Waals surface area (Å²) < 4.78 is 0. The molecule has 3 heteroatoms. The van der Waals surface area contributed by atoms with Gasteiger partial charge in [0.25, 0.3) is 0 Å². The van der Waals surface area contributed by atoms with Crippen LogP contribution in [0.4, 0.5) is 5.69 Å². The Bertz CT molecular complexity index is 274. The molecule has 1 aromatic rings. The predicted molar refractivity (Wildman–Crippen MR) is 55.2 cm³/mol. The molecule has 0 aliphatic carbocycles. The molecule has 13 heavy (non-hydrogen) atoms. The summed E-state index contributed by atoms with van der Waals surface area (Å²) in [6.07, 6.45) is 0.382. The fraction of sp³-hybridized carbons (Fsp3) is 0.300. The largest absolute Gasteiger partial charge is 0.315 e. The molecule has 0 saturated carbocycles. The topological polar surface area (TPSA) is 20.3 Å². The second kappa shape index (κ2) is 4.87. The molecule has 0 aromatic heterocycles. The Hall–Kier alpha value is -1.02. The summed E-state index contributed by atoms with van der Waals surface area (Å²) in [4.78, 5) is 13.0. The van der Waals surface area contributed by atoms with Crippen molar-refractivity contribution in [2.24, 2.45) is 0 Å². The van der Waals surface area contributed by atoms with Gasteiger partial charge >= 0.3 is 0 Å². The molecule has 2 nitrogen and oxygen atoms in total. The van der Waals surface area contributed by atoms with Gasteiger partial charge in [-0.2, -0.15) is 0 Å². The lowest BCUT2D eigenvalue weighted by molar-refractivity contribution is -0.117. The predicted octanol–water partition coefficient (Wildman–Crippen LogP) is 2.28. The molecule has 0 heterocycles. The quantitative estimate of drug-likeness (QED) is 0.681. The van der Waals surface area contributed by atoms with E-state index in [2.05, 4.69) is 0 Å². The van der Waals surface area contributed by atoms with E-state index in [1.54, 1.807) is 11.9 Å². The number of anilines is 1. The van der Waals surface area contributed by atoms with Crippen LogP contribution in [-0.2, 0) is 4.79 Å². The van der Waals surface area contributed by atoms with Crippen molar-refractivity contribution in [3.8, 4) is 0 Å². The Kier molecular flexibility index (Phi) is 3.77. The molecule has 1 amide bonds. The van der Waals surface area contributed by atoms with Crippen molar-refractivity contribution in [2.45, 2.75) is 6.42 Å². The van der Waals surface area contributed by atoms with Gasteiger partial charge in [0, 0.05) is 25.0 Å². The zero-order valence-corrected chi connectivity index (χ0v) is 8.29. The number of hydrogen-bond acceptors (Lipinski definition) is 1. The van der Waals surface area contributed by atoms with E-state index in [-0.39, 0.29) is 5.91 Å². The van der Waals surface area contributed by atoms with Gasteiger partial charge < -0.3 is 4.90 Å². The number of benzene rings is 1. The third-order valence-electron chi connectivity index (χ3n) is 1.83. The first kappa shape index (κ1) is 10.1. The number of carbonyl (C=O) groups is 1. The molecule has 0 atom stereocenters. The van der Waals surface area contributed by atoms with Crippen LogP contribution in [0, 0.1) is 0 Å². The summed E-state index contributed by atoms with van der Waals surface area (Å²) in [5.74, 6) is 0.414. The van der Waals surface area contributed by atoms with Crippen molar-refractivity contribution in [3.05, 3.63) is 30.3 Å². The molecule has 1 aromatic carbocycles. The summed E-state index contributed by atoms with van der Waals surface area (Å²) in [5, 5.41) is 0. The second-order valence-corrected chi connectivity index (χ2v) is 3.11. The van der Waals surface area contributed by atoms with Crippen LogP contribution >= 0.6 is 11.6 Å². The van der Waals surface area contributed by atoms with E-state index >= 15 is 0 Å². The molecule has 1 rings (SSSR count). The Balaban J connectivity index is 2.68. The van der Waals surface area contributed by atoms with Crippen LogP contribution in [0.1, 0.15) is 6.42 Å². The molecular weight excluding hydrogens is 186 g/mol. The maximum Gasteiger partial charge on any atom is 0.227 e. The minimum Gasteiger partial charge on any atom is -0.315 e. The van der Waals surface area contributed by atoms with Gasteiger partial charge in [-0.15, -0.1) is 11.6 Å². The lowest BCUT2D eigenvalue weighted by Crippen LogP contribution is -2.26. The van der Waals surface area contributed by atoms with E-state index in [0.29, 0.717) is 12.3 Å². The smallest absolute Gasteiger partial charge is 0.227 e. The van der Waals surface area contributed by atoms with Gasteiger partial charge in [-0.3, -0.25) is 4.79 Å². The number of rotatable bonds is 3. The Labute approximate surface area is 83.1 Å². The van der Waals surface area contributed by atoms with E-state index in [4.69, 9.17) is 11.6 Å². The number of amides is 1. The van der Waals surface area contributed by atoms with Crippen LogP contribution in [0.5, 0.6) is 0 Å². The first-order chi connectivity index (χ1) is 6.25. The molecule has 0 unspecified atom stereocenters. The molecule has 0 fully saturated rings. The highest BCUT2D eigenvalue weighted by Gasteiger charge is 2.08. The molecule has 0 N–H and O–H groups in total. The van der Waals surface area contributed by atoms with Crippen LogP contribution in [0.3, 0.4) is 0 Å². The lowest BCUT2D eigenvalue weighted by atomic mass is 10.3. The maximum absolute atomic E-state index is 11.4. The molecule has 0 aliphatic rings. The monoisotopic (exact) mass is 197 g/mol. The SMILES string of the molecule is CN(C(=O)CCCl)c1ccccc1. The van der Waals surface area contributed by atoms with Gasteiger partial charge in [0.2, 0.25) is 5.91 Å². The molecule has 0 radical (unpaired) electrons. The van der Waals surface area contributed by atoms with E-state index in [1.807, 2.05) is 30.3 Å². The van der Waals surface area contributed by atoms with E-state index < -0.39 is 0 Å². The number of carbonyl (C=O) groups excluding carboxylic acids is 1. The number of hydrogen-bond donors (Lipinski definition) is 0. The number of para-hydroxylation sites is 1. The lowest BCUT2D eigenvalue weighted by Gasteiger charge is -2.16. The Morgan fingerprint density at radius 1 is 1.38 bits per heavy atom. The van der Waals surface area contributed by atoms with Crippen LogP contribution in [-0.4, -0.2) is 18.8 Å². The summed E-state index contributed by atoms with van der Waals surface area (Å²) in [7, 11) is 1.75. The van der Waals surface area contributed by atoms with Gasteiger partial charge in [0.15, 0.2) is 0 Å². The fourth-order valence-corrected chi connectivity index (χ4v) is 1.21. The molecule has 0 spiro atoms. The van der Waals surface area contributed by atoms with Gasteiger partial charge in [0.1, 0.15) is 0 Å². The van der Waals surface area contributed by atoms with Crippen molar-refractivity contribution < 1.29 is 4.79 Å². The first-order valence-corrected chi connectivity index (χ1v) is 4.66. The van der Waals surface area contributed by atoms with Crippen LogP contribution in [0.25, 0.3) is 0 Å². The number of alkyl halides is 1. The van der Waals surface area contributed by atoms with Crippen molar-refractivity contribution in [1.82, 2.24) is 0 Å². The highest BCUT2D eigenvalue weighted by Crippen LogP contribution is 2.11. The molecule has 70 valence electrons. The zero-order valence-electron chi connectivity index (χ0n) is 7.53. The average molecular weight is 198 g/mol. The third-order valence-corrected chi connectivity index (χ3v) is 2.01. The highest BCUT2D eigenvalue weighted by atomic mass is 35.5. The molecular formula is C10H12ClNO. The van der Waals surface area contributed by atoms with Crippen molar-refractivity contribution in [3.63, 3.8) is 0 Å². The number of nitrogens with zero attached hydrogens (tertiary/aromatic N) is 1. The van der Waals surface area contributed by atoms with Crippen molar-refractivity contribution >= 4 is 23.2 Å². The molecule has 0 saturated heterocycles. The standard InChI is InChI=1S/C10H12ClNO/c1-12(10(13)7-8-11)9-5-3-2-4-6-9/h2-6H,7-8H2,1H3. The van der Waals surface area contributed by atoms with Gasteiger partial charge in [0.05, 0.1) is 0 Å². The third kappa shape index (κ3) is 2.74. The van der Waals surface area contributed by atoms with Gasteiger partial charge in [-0.1, -0.05) is 18.2 Å². The molecule has 0 aliphatic heterocycles. The van der Waals surface area contributed by atoms with Gasteiger partial charge in [-0.05, 0) is 12.1 Å². The minimum atomic E-state index is 0.0428.